The Bertz CT molecular complexity index is 603. The molecule has 108 valence electrons. The minimum Gasteiger partial charge on any atom is -0.388 e. The number of nitrogens with zero attached hydrogens (tertiary/aromatic N) is 3. The Labute approximate surface area is 120 Å². The van der Waals surface area contributed by atoms with Crippen LogP contribution in [0.15, 0.2) is 18.5 Å². The predicted molar refractivity (Wildman–Crippen MR) is 70.3 cm³/mol. The summed E-state index contributed by atoms with van der Waals surface area (Å²) in [6, 6.07) is 1.76. The molecule has 0 radical (unpaired) electrons. The zero-order chi connectivity index (χ0) is 14.7. The Morgan fingerprint density at radius 2 is 2.10 bits per heavy atom. The summed E-state index contributed by atoms with van der Waals surface area (Å²) in [5.74, 6) is -0.989. The van der Waals surface area contributed by atoms with E-state index in [1.807, 2.05) is 6.92 Å². The van der Waals surface area contributed by atoms with Crippen LogP contribution in [-0.4, -0.2) is 19.9 Å². The summed E-state index contributed by atoms with van der Waals surface area (Å²) in [5.41, 5.74) is -0.141. The number of aliphatic hydroxyl groups excluding tert-OH is 1. The van der Waals surface area contributed by atoms with E-state index in [2.05, 4.69) is 10.1 Å². The maximum atomic E-state index is 13.7. The summed E-state index contributed by atoms with van der Waals surface area (Å²) >= 11 is 5.48. The van der Waals surface area contributed by atoms with E-state index in [-0.39, 0.29) is 17.0 Å². The Morgan fingerprint density at radius 1 is 1.35 bits per heavy atom. The smallest absolute Gasteiger partial charge is 0.142 e. The van der Waals surface area contributed by atoms with E-state index in [4.69, 9.17) is 11.6 Å². The molecule has 1 aromatic heterocycles. The van der Waals surface area contributed by atoms with E-state index >= 15 is 0 Å². The van der Waals surface area contributed by atoms with Gasteiger partial charge in [-0.3, -0.25) is 4.68 Å². The lowest BCUT2D eigenvalue weighted by molar-refractivity contribution is 0.168. The van der Waals surface area contributed by atoms with Crippen molar-refractivity contribution in [3.8, 4) is 0 Å². The number of hydrogen-bond donors (Lipinski definition) is 1. The molecular weight excluding hydrogens is 288 g/mol. The third kappa shape index (κ3) is 3.13. The number of aromatic nitrogens is 3. The van der Waals surface area contributed by atoms with E-state index in [1.54, 1.807) is 4.68 Å². The molecule has 0 fully saturated rings. The van der Waals surface area contributed by atoms with Gasteiger partial charge < -0.3 is 5.11 Å². The molecule has 0 aliphatic heterocycles. The fraction of sp³-hybridized carbons (Fsp3) is 0.385. The first-order valence-electron chi connectivity index (χ1n) is 6.22. The molecule has 0 amide bonds. The number of aryl methyl sites for hydroxylation is 1. The first-order chi connectivity index (χ1) is 9.52. The third-order valence-corrected chi connectivity index (χ3v) is 3.20. The van der Waals surface area contributed by atoms with Gasteiger partial charge >= 0.3 is 0 Å². The summed E-state index contributed by atoms with van der Waals surface area (Å²) < 4.78 is 28.7. The van der Waals surface area contributed by atoms with Crippen molar-refractivity contribution in [3.05, 3.63) is 46.5 Å². The van der Waals surface area contributed by atoms with Crippen LogP contribution in [0.3, 0.4) is 0 Å². The Kier molecular flexibility index (Phi) is 4.67. The molecule has 0 saturated carbocycles. The summed E-state index contributed by atoms with van der Waals surface area (Å²) in [7, 11) is 0. The van der Waals surface area contributed by atoms with Gasteiger partial charge in [0.15, 0.2) is 0 Å². The van der Waals surface area contributed by atoms with Gasteiger partial charge in [0, 0.05) is 18.5 Å². The molecular formula is C13H14ClF2N3O. The van der Waals surface area contributed by atoms with Crippen LogP contribution in [0.1, 0.15) is 30.8 Å². The first kappa shape index (κ1) is 14.9. The van der Waals surface area contributed by atoms with Crippen LogP contribution in [-0.2, 0) is 13.0 Å². The normalized spacial score (nSPS) is 12.7. The molecule has 20 heavy (non-hydrogen) atoms. The molecule has 0 aliphatic rings. The van der Waals surface area contributed by atoms with Crippen molar-refractivity contribution in [2.24, 2.45) is 0 Å². The number of halogens is 3. The van der Waals surface area contributed by atoms with Crippen LogP contribution in [0, 0.1) is 11.6 Å². The fourth-order valence-electron chi connectivity index (χ4n) is 1.92. The third-order valence-electron chi connectivity index (χ3n) is 2.91. The van der Waals surface area contributed by atoms with Crippen LogP contribution >= 0.6 is 11.6 Å². The molecule has 7 heteroatoms. The average molecular weight is 302 g/mol. The Morgan fingerprint density at radius 3 is 2.80 bits per heavy atom. The molecule has 0 aliphatic carbocycles. The van der Waals surface area contributed by atoms with Crippen LogP contribution in [0.5, 0.6) is 0 Å². The van der Waals surface area contributed by atoms with Crippen molar-refractivity contribution < 1.29 is 13.9 Å². The van der Waals surface area contributed by atoms with E-state index in [9.17, 15) is 13.9 Å². The highest BCUT2D eigenvalue weighted by Gasteiger charge is 2.19. The molecule has 2 aromatic rings. The number of rotatable bonds is 5. The summed E-state index contributed by atoms with van der Waals surface area (Å²) in [5, 5.41) is 13.8. The molecule has 1 unspecified atom stereocenters. The lowest BCUT2D eigenvalue weighted by atomic mass is 10.1. The minimum atomic E-state index is -1.21. The predicted octanol–water partition coefficient (Wildman–Crippen LogP) is 2.90. The number of aliphatic hydroxyl groups is 1. The highest BCUT2D eigenvalue weighted by molar-refractivity contribution is 6.30. The Balaban J connectivity index is 2.21. The van der Waals surface area contributed by atoms with Gasteiger partial charge in [0.1, 0.15) is 23.8 Å². The molecule has 4 nitrogen and oxygen atoms in total. The van der Waals surface area contributed by atoms with E-state index in [1.165, 1.54) is 6.33 Å². The van der Waals surface area contributed by atoms with Crippen LogP contribution in [0.25, 0.3) is 0 Å². The zero-order valence-corrected chi connectivity index (χ0v) is 11.6. The van der Waals surface area contributed by atoms with Crippen LogP contribution in [0.2, 0.25) is 5.02 Å². The SMILES string of the molecule is CCCn1ncnc1CC(O)c1cc(F)c(Cl)cc1F. The second kappa shape index (κ2) is 6.28. The van der Waals surface area contributed by atoms with Crippen LogP contribution < -0.4 is 0 Å². The second-order valence-corrected chi connectivity index (χ2v) is 4.81. The molecule has 1 heterocycles. The monoisotopic (exact) mass is 301 g/mol. The van der Waals surface area contributed by atoms with Gasteiger partial charge in [-0.15, -0.1) is 0 Å². The molecule has 1 aromatic carbocycles. The van der Waals surface area contributed by atoms with Gasteiger partial charge in [-0.1, -0.05) is 18.5 Å². The standard InChI is InChI=1S/C13H14ClF2N3O/c1-2-3-19-13(17-7-18-19)6-12(20)8-4-11(16)9(14)5-10(8)15/h4-5,7,12,20H,2-3,6H2,1H3. The maximum Gasteiger partial charge on any atom is 0.142 e. The number of hydrogen-bond acceptors (Lipinski definition) is 3. The topological polar surface area (TPSA) is 50.9 Å². The van der Waals surface area contributed by atoms with E-state index in [0.717, 1.165) is 18.6 Å². The molecule has 0 spiro atoms. The molecule has 0 bridgehead atoms. The van der Waals surface area contributed by atoms with Gasteiger partial charge in [-0.25, -0.2) is 13.8 Å². The van der Waals surface area contributed by atoms with E-state index in [0.29, 0.717) is 12.4 Å². The van der Waals surface area contributed by atoms with Crippen molar-refractivity contribution >= 4 is 11.6 Å². The fourth-order valence-corrected chi connectivity index (χ4v) is 2.07. The summed E-state index contributed by atoms with van der Waals surface area (Å²) in [6.07, 6.45) is 1.08. The van der Waals surface area contributed by atoms with Gasteiger partial charge in [0.25, 0.3) is 0 Å². The summed E-state index contributed by atoms with van der Waals surface area (Å²) in [4.78, 5) is 4.02. The minimum absolute atomic E-state index is 0.0536. The Hall–Kier alpha value is -1.53. The quantitative estimate of drug-likeness (QED) is 0.864. The molecule has 0 saturated heterocycles. The largest absolute Gasteiger partial charge is 0.388 e. The average Bonchev–Trinajstić information content (AvgIpc) is 2.81. The van der Waals surface area contributed by atoms with Crippen molar-refractivity contribution in [3.63, 3.8) is 0 Å². The lowest BCUT2D eigenvalue weighted by Crippen LogP contribution is -2.11. The molecule has 2 rings (SSSR count). The van der Waals surface area contributed by atoms with Crippen molar-refractivity contribution in [2.75, 3.05) is 0 Å². The van der Waals surface area contributed by atoms with E-state index < -0.39 is 17.7 Å². The lowest BCUT2D eigenvalue weighted by Gasteiger charge is -2.13. The van der Waals surface area contributed by atoms with Gasteiger partial charge in [-0.2, -0.15) is 5.10 Å². The van der Waals surface area contributed by atoms with Crippen molar-refractivity contribution in [2.45, 2.75) is 32.4 Å². The van der Waals surface area contributed by atoms with Crippen LogP contribution in [0.4, 0.5) is 8.78 Å². The zero-order valence-electron chi connectivity index (χ0n) is 10.9. The maximum absolute atomic E-state index is 13.7. The molecule has 1 N–H and O–H groups in total. The second-order valence-electron chi connectivity index (χ2n) is 4.41. The highest BCUT2D eigenvalue weighted by atomic mass is 35.5. The van der Waals surface area contributed by atoms with Crippen molar-refractivity contribution in [1.82, 2.24) is 14.8 Å². The summed E-state index contributed by atoms with van der Waals surface area (Å²) in [6.45, 7) is 2.63. The van der Waals surface area contributed by atoms with Gasteiger partial charge in [0.05, 0.1) is 11.1 Å². The van der Waals surface area contributed by atoms with Gasteiger partial charge in [-0.05, 0) is 18.6 Å². The molecule has 1 atom stereocenters. The first-order valence-corrected chi connectivity index (χ1v) is 6.60. The van der Waals surface area contributed by atoms with Gasteiger partial charge in [0.2, 0.25) is 0 Å². The number of benzene rings is 1. The highest BCUT2D eigenvalue weighted by Crippen LogP contribution is 2.25. The van der Waals surface area contributed by atoms with Crippen molar-refractivity contribution in [1.29, 1.82) is 0 Å².